The fourth-order valence-corrected chi connectivity index (χ4v) is 4.80. The number of hydrogen-bond donors (Lipinski definition) is 0. The van der Waals surface area contributed by atoms with E-state index in [-0.39, 0.29) is 18.0 Å². The molecule has 232 valence electrons. The quantitative estimate of drug-likeness (QED) is 0.0728. The number of nitrogens with zero attached hydrogens (tertiary/aromatic N) is 2. The Morgan fingerprint density at radius 2 is 1.42 bits per heavy atom. The van der Waals surface area contributed by atoms with Crippen molar-refractivity contribution in [3.8, 4) is 11.5 Å². The van der Waals surface area contributed by atoms with Gasteiger partial charge in [0.25, 0.3) is 0 Å². The third-order valence-corrected chi connectivity index (χ3v) is 7.29. The van der Waals surface area contributed by atoms with Crippen LogP contribution >= 0.6 is 0 Å². The van der Waals surface area contributed by atoms with Gasteiger partial charge in [-0.3, -0.25) is 9.69 Å². The van der Waals surface area contributed by atoms with Crippen LogP contribution in [0.4, 0.5) is 5.69 Å². The number of methoxy groups -OCH3 is 2. The lowest BCUT2D eigenvalue weighted by Gasteiger charge is -2.28. The van der Waals surface area contributed by atoms with Crippen molar-refractivity contribution < 1.29 is 28.5 Å². The minimum atomic E-state index is -0.367. The van der Waals surface area contributed by atoms with Crippen LogP contribution in [0.25, 0.3) is 4.85 Å². The molecule has 0 amide bonds. The van der Waals surface area contributed by atoms with Gasteiger partial charge in [0.05, 0.1) is 39.1 Å². The Kier molecular flexibility index (Phi) is 12.7. The number of benzene rings is 4. The Morgan fingerprint density at radius 1 is 0.778 bits per heavy atom. The van der Waals surface area contributed by atoms with E-state index in [1.807, 2.05) is 54.6 Å². The lowest BCUT2D eigenvalue weighted by atomic mass is 10.1. The standard InChI is InChI=1S/C37H38N2O6/c1-38-32-18-22-34(23-19-32)45-33-20-14-29(15-21-33)27-44-35(30-9-5-4-6-10-30)26-39(24-8-7-11-36(40)42-2)25-28-12-16-31(17-13-28)37(41)43-3/h4-6,9-10,12-23,35H,7-8,11,24-27H2,2-3H3/t35-/m0/s1. The predicted molar refractivity (Wildman–Crippen MR) is 172 cm³/mol. The molecule has 0 aliphatic carbocycles. The SMILES string of the molecule is [C-]#[N+]c1ccc(Oc2ccc(CO[C@@H](CN(CCCCC(=O)OC)Cc3ccc(C(=O)OC)cc3)c3ccccc3)cc2)cc1. The fourth-order valence-electron chi connectivity index (χ4n) is 4.80. The third kappa shape index (κ3) is 10.6. The summed E-state index contributed by atoms with van der Waals surface area (Å²) in [5, 5.41) is 0. The van der Waals surface area contributed by atoms with E-state index in [0.717, 1.165) is 36.1 Å². The number of carbonyl (C=O) groups excluding carboxylic acids is 2. The van der Waals surface area contributed by atoms with Gasteiger partial charge in [0.1, 0.15) is 11.5 Å². The third-order valence-electron chi connectivity index (χ3n) is 7.29. The van der Waals surface area contributed by atoms with Crippen LogP contribution < -0.4 is 4.74 Å². The van der Waals surface area contributed by atoms with Crippen LogP contribution in [0.3, 0.4) is 0 Å². The molecule has 0 heterocycles. The summed E-state index contributed by atoms with van der Waals surface area (Å²) >= 11 is 0. The number of esters is 2. The maximum absolute atomic E-state index is 11.9. The van der Waals surface area contributed by atoms with Gasteiger partial charge in [-0.15, -0.1) is 0 Å². The highest BCUT2D eigenvalue weighted by Gasteiger charge is 2.18. The van der Waals surface area contributed by atoms with Gasteiger partial charge in [0.15, 0.2) is 5.69 Å². The number of hydrogen-bond acceptors (Lipinski definition) is 7. The molecule has 8 heteroatoms. The van der Waals surface area contributed by atoms with E-state index in [4.69, 9.17) is 25.5 Å². The zero-order chi connectivity index (χ0) is 31.9. The van der Waals surface area contributed by atoms with Crippen LogP contribution in [0.5, 0.6) is 11.5 Å². The first-order chi connectivity index (χ1) is 22.0. The summed E-state index contributed by atoms with van der Waals surface area (Å²) in [6, 6.07) is 32.4. The normalized spacial score (nSPS) is 11.4. The summed E-state index contributed by atoms with van der Waals surface area (Å²) in [7, 11) is 2.78. The van der Waals surface area contributed by atoms with E-state index in [0.29, 0.717) is 48.9 Å². The molecule has 0 fully saturated rings. The van der Waals surface area contributed by atoms with Gasteiger partial charge in [-0.1, -0.05) is 66.7 Å². The summed E-state index contributed by atoms with van der Waals surface area (Å²) in [5.74, 6) is 0.793. The highest BCUT2D eigenvalue weighted by atomic mass is 16.5. The number of carbonyl (C=O) groups is 2. The Labute approximate surface area is 264 Å². The van der Waals surface area contributed by atoms with Crippen molar-refractivity contribution in [1.29, 1.82) is 0 Å². The largest absolute Gasteiger partial charge is 0.469 e. The second-order valence-electron chi connectivity index (χ2n) is 10.5. The van der Waals surface area contributed by atoms with Gasteiger partial charge in [-0.2, -0.15) is 0 Å². The Balaban J connectivity index is 1.44. The zero-order valence-corrected chi connectivity index (χ0v) is 25.7. The first-order valence-corrected chi connectivity index (χ1v) is 14.8. The Hall–Kier alpha value is -4.97. The molecule has 0 aliphatic heterocycles. The van der Waals surface area contributed by atoms with Gasteiger partial charge >= 0.3 is 11.9 Å². The molecule has 4 aromatic rings. The second kappa shape index (κ2) is 17.4. The van der Waals surface area contributed by atoms with Crippen molar-refractivity contribution in [2.75, 3.05) is 27.3 Å². The molecule has 4 aromatic carbocycles. The monoisotopic (exact) mass is 606 g/mol. The Bertz CT molecular complexity index is 1530. The van der Waals surface area contributed by atoms with Crippen LogP contribution in [0, 0.1) is 6.57 Å². The molecule has 0 saturated carbocycles. The van der Waals surface area contributed by atoms with Gasteiger partial charge in [-0.05, 0) is 72.5 Å². The van der Waals surface area contributed by atoms with Crippen molar-refractivity contribution in [2.24, 2.45) is 0 Å². The molecule has 0 aromatic heterocycles. The molecule has 1 atom stereocenters. The Morgan fingerprint density at radius 3 is 2.04 bits per heavy atom. The predicted octanol–water partition coefficient (Wildman–Crippen LogP) is 7.92. The van der Waals surface area contributed by atoms with Crippen molar-refractivity contribution in [3.05, 3.63) is 137 Å². The van der Waals surface area contributed by atoms with Crippen LogP contribution in [0.2, 0.25) is 0 Å². The molecule has 45 heavy (non-hydrogen) atoms. The average molecular weight is 607 g/mol. The molecular formula is C37H38N2O6. The zero-order valence-electron chi connectivity index (χ0n) is 25.7. The summed E-state index contributed by atoms with van der Waals surface area (Å²) in [6.07, 6.45) is 1.71. The highest BCUT2D eigenvalue weighted by molar-refractivity contribution is 5.89. The minimum Gasteiger partial charge on any atom is -0.469 e. The second-order valence-corrected chi connectivity index (χ2v) is 10.5. The number of ether oxygens (including phenoxy) is 4. The molecule has 0 N–H and O–H groups in total. The minimum absolute atomic E-state index is 0.208. The molecule has 0 spiro atoms. The molecule has 0 bridgehead atoms. The van der Waals surface area contributed by atoms with E-state index in [1.54, 1.807) is 36.4 Å². The van der Waals surface area contributed by atoms with E-state index in [2.05, 4.69) is 21.9 Å². The van der Waals surface area contributed by atoms with E-state index in [1.165, 1.54) is 14.2 Å². The number of unbranched alkanes of at least 4 members (excludes halogenated alkanes) is 1. The summed E-state index contributed by atoms with van der Waals surface area (Å²) < 4.78 is 22.1. The smallest absolute Gasteiger partial charge is 0.337 e. The van der Waals surface area contributed by atoms with E-state index in [9.17, 15) is 9.59 Å². The van der Waals surface area contributed by atoms with Gasteiger partial charge < -0.3 is 18.9 Å². The van der Waals surface area contributed by atoms with Crippen LogP contribution in [-0.2, 0) is 32.2 Å². The van der Waals surface area contributed by atoms with Crippen LogP contribution in [-0.4, -0.2) is 44.1 Å². The molecule has 0 radical (unpaired) electrons. The summed E-state index contributed by atoms with van der Waals surface area (Å²) in [6.45, 7) is 9.53. The molecule has 0 saturated heterocycles. The lowest BCUT2D eigenvalue weighted by molar-refractivity contribution is -0.140. The van der Waals surface area contributed by atoms with Crippen LogP contribution in [0.1, 0.15) is 52.4 Å². The van der Waals surface area contributed by atoms with Crippen molar-refractivity contribution >= 4 is 17.6 Å². The summed E-state index contributed by atoms with van der Waals surface area (Å²) in [5.41, 5.74) is 4.21. The topological polar surface area (TPSA) is 78.7 Å². The van der Waals surface area contributed by atoms with E-state index >= 15 is 0 Å². The summed E-state index contributed by atoms with van der Waals surface area (Å²) in [4.78, 5) is 29.3. The first-order valence-electron chi connectivity index (χ1n) is 14.8. The molecular weight excluding hydrogens is 568 g/mol. The highest BCUT2D eigenvalue weighted by Crippen LogP contribution is 2.26. The van der Waals surface area contributed by atoms with Gasteiger partial charge in [0, 0.05) is 19.5 Å². The van der Waals surface area contributed by atoms with Crippen LogP contribution in [0.15, 0.2) is 103 Å². The van der Waals surface area contributed by atoms with Gasteiger partial charge in [-0.25, -0.2) is 9.64 Å². The van der Waals surface area contributed by atoms with Gasteiger partial charge in [0.2, 0.25) is 0 Å². The maximum atomic E-state index is 11.9. The average Bonchev–Trinajstić information content (AvgIpc) is 3.09. The molecule has 4 rings (SSSR count). The van der Waals surface area contributed by atoms with E-state index < -0.39 is 0 Å². The van der Waals surface area contributed by atoms with Crippen molar-refractivity contribution in [2.45, 2.75) is 38.5 Å². The maximum Gasteiger partial charge on any atom is 0.337 e. The number of rotatable bonds is 16. The molecule has 0 unspecified atom stereocenters. The lowest BCUT2D eigenvalue weighted by Crippen LogP contribution is -2.30. The molecule has 0 aliphatic rings. The fraction of sp³-hybridized carbons (Fsp3) is 0.270. The van der Waals surface area contributed by atoms with Crippen molar-refractivity contribution in [1.82, 2.24) is 4.90 Å². The molecule has 8 nitrogen and oxygen atoms in total. The van der Waals surface area contributed by atoms with Crippen molar-refractivity contribution in [3.63, 3.8) is 0 Å². The first kappa shape index (κ1) is 32.9.